The summed E-state index contributed by atoms with van der Waals surface area (Å²) in [5.74, 6) is 0.757. The van der Waals surface area contributed by atoms with Crippen molar-refractivity contribution in [3.8, 4) is 0 Å². The molecule has 3 rings (SSSR count). The van der Waals surface area contributed by atoms with E-state index in [2.05, 4.69) is 47.6 Å². The van der Waals surface area contributed by atoms with E-state index in [1.54, 1.807) is 11.3 Å². The van der Waals surface area contributed by atoms with Gasteiger partial charge in [-0.05, 0) is 44.1 Å². The topological polar surface area (TPSA) is 24.9 Å². The third-order valence-electron chi connectivity index (χ3n) is 4.36. The summed E-state index contributed by atoms with van der Waals surface area (Å²) in [4.78, 5) is 5.51. The lowest BCUT2D eigenvalue weighted by atomic mass is 9.81. The van der Waals surface area contributed by atoms with Crippen molar-refractivity contribution in [1.29, 1.82) is 0 Å². The van der Waals surface area contributed by atoms with E-state index in [4.69, 9.17) is 0 Å². The third kappa shape index (κ3) is 3.28. The fourth-order valence-corrected chi connectivity index (χ4v) is 3.83. The van der Waals surface area contributed by atoms with E-state index in [1.165, 1.54) is 36.1 Å². The van der Waals surface area contributed by atoms with Crippen LogP contribution in [-0.4, -0.2) is 11.0 Å². The summed E-state index contributed by atoms with van der Waals surface area (Å²) in [7, 11) is 0. The summed E-state index contributed by atoms with van der Waals surface area (Å²) in [5.41, 5.74) is 3.43. The summed E-state index contributed by atoms with van der Waals surface area (Å²) in [6, 6.07) is 12.1. The molecule has 2 nitrogen and oxygen atoms in total. The molecule has 1 aliphatic rings. The Kier molecular flexibility index (Phi) is 4.48. The number of rotatable bonds is 4. The molecule has 0 aliphatic heterocycles. The van der Waals surface area contributed by atoms with Crippen LogP contribution >= 0.6 is 11.3 Å². The van der Waals surface area contributed by atoms with Gasteiger partial charge in [0.05, 0.1) is 5.51 Å². The first-order chi connectivity index (χ1) is 9.83. The minimum absolute atomic E-state index is 0.431. The molecule has 0 spiro atoms. The Labute approximate surface area is 125 Å². The number of benzene rings is 1. The van der Waals surface area contributed by atoms with Gasteiger partial charge in [0.1, 0.15) is 0 Å². The summed E-state index contributed by atoms with van der Waals surface area (Å²) < 4.78 is 0. The zero-order chi connectivity index (χ0) is 13.8. The maximum Gasteiger partial charge on any atom is 0.0794 e. The van der Waals surface area contributed by atoms with Crippen LogP contribution in [0.15, 0.2) is 42.0 Å². The highest BCUT2D eigenvalue weighted by Crippen LogP contribution is 2.33. The predicted molar refractivity (Wildman–Crippen MR) is 85.1 cm³/mol. The molecule has 2 aromatic rings. The quantitative estimate of drug-likeness (QED) is 0.894. The highest BCUT2D eigenvalue weighted by molar-refractivity contribution is 7.09. The highest BCUT2D eigenvalue weighted by Gasteiger charge is 2.23. The normalized spacial score (nSPS) is 24.4. The minimum Gasteiger partial charge on any atom is -0.307 e. The molecule has 1 aromatic heterocycles. The molecule has 1 fully saturated rings. The van der Waals surface area contributed by atoms with Crippen molar-refractivity contribution in [2.24, 2.45) is 0 Å². The van der Waals surface area contributed by atoms with Crippen LogP contribution in [0.1, 0.15) is 55.0 Å². The number of nitrogens with one attached hydrogen (secondary N) is 1. The summed E-state index contributed by atoms with van der Waals surface area (Å²) in [5, 5.41) is 3.76. The second-order valence-electron chi connectivity index (χ2n) is 5.75. The fourth-order valence-electron chi connectivity index (χ4n) is 3.19. The van der Waals surface area contributed by atoms with Crippen molar-refractivity contribution in [3.63, 3.8) is 0 Å². The maximum atomic E-state index is 4.17. The molecule has 0 bridgehead atoms. The largest absolute Gasteiger partial charge is 0.307 e. The Morgan fingerprint density at radius 1 is 1.15 bits per heavy atom. The van der Waals surface area contributed by atoms with Crippen LogP contribution in [0.3, 0.4) is 0 Å². The molecule has 3 heteroatoms. The first-order valence-electron chi connectivity index (χ1n) is 7.52. The zero-order valence-electron chi connectivity index (χ0n) is 12.0. The molecule has 1 saturated carbocycles. The lowest BCUT2D eigenvalue weighted by molar-refractivity contribution is 0.323. The van der Waals surface area contributed by atoms with Crippen molar-refractivity contribution in [3.05, 3.63) is 52.5 Å². The van der Waals surface area contributed by atoms with Crippen LogP contribution in [0.2, 0.25) is 0 Å². The van der Waals surface area contributed by atoms with Gasteiger partial charge < -0.3 is 5.32 Å². The van der Waals surface area contributed by atoms with Gasteiger partial charge >= 0.3 is 0 Å². The molecular formula is C17H22N2S. The van der Waals surface area contributed by atoms with Crippen molar-refractivity contribution in [1.82, 2.24) is 10.3 Å². The van der Waals surface area contributed by atoms with Gasteiger partial charge in [-0.1, -0.05) is 30.3 Å². The van der Waals surface area contributed by atoms with Gasteiger partial charge in [-0.25, -0.2) is 0 Å². The molecule has 0 radical (unpaired) electrons. The lowest BCUT2D eigenvalue weighted by Crippen LogP contribution is -2.34. The van der Waals surface area contributed by atoms with E-state index in [9.17, 15) is 0 Å². The molecular weight excluding hydrogens is 264 g/mol. The number of hydrogen-bond donors (Lipinski definition) is 1. The standard InChI is InChI=1S/C17H22N2S/c1-13(17-11-18-12-20-17)19-16-9-7-15(8-10-16)14-5-3-2-4-6-14/h2-6,11-13,15-16,19H,7-10H2,1H3. The maximum absolute atomic E-state index is 4.17. The lowest BCUT2D eigenvalue weighted by Gasteiger charge is -2.31. The first-order valence-corrected chi connectivity index (χ1v) is 8.40. The minimum atomic E-state index is 0.431. The summed E-state index contributed by atoms with van der Waals surface area (Å²) in [6.45, 7) is 2.25. The van der Waals surface area contributed by atoms with Gasteiger partial charge in [0.15, 0.2) is 0 Å². The molecule has 106 valence electrons. The van der Waals surface area contributed by atoms with Crippen LogP contribution in [0.4, 0.5) is 0 Å². The summed E-state index contributed by atoms with van der Waals surface area (Å²) in [6.07, 6.45) is 7.15. The Hall–Kier alpha value is -1.19. The van der Waals surface area contributed by atoms with Gasteiger partial charge in [-0.3, -0.25) is 4.98 Å². The van der Waals surface area contributed by atoms with Crippen molar-refractivity contribution in [2.45, 2.75) is 50.6 Å². The molecule has 1 N–H and O–H groups in total. The Morgan fingerprint density at radius 2 is 1.90 bits per heavy atom. The monoisotopic (exact) mass is 286 g/mol. The molecule has 1 heterocycles. The summed E-state index contributed by atoms with van der Waals surface area (Å²) >= 11 is 1.74. The van der Waals surface area contributed by atoms with Gasteiger partial charge in [0.25, 0.3) is 0 Å². The average molecular weight is 286 g/mol. The Balaban J connectivity index is 1.51. The molecule has 1 aliphatic carbocycles. The van der Waals surface area contributed by atoms with Gasteiger partial charge in [-0.2, -0.15) is 0 Å². The SMILES string of the molecule is CC(NC1CCC(c2ccccc2)CC1)c1cncs1. The molecule has 1 aromatic carbocycles. The van der Waals surface area contributed by atoms with Gasteiger partial charge in [-0.15, -0.1) is 11.3 Å². The number of hydrogen-bond acceptors (Lipinski definition) is 3. The van der Waals surface area contributed by atoms with Crippen molar-refractivity contribution < 1.29 is 0 Å². The average Bonchev–Trinajstić information content (AvgIpc) is 3.03. The Morgan fingerprint density at radius 3 is 2.55 bits per heavy atom. The van der Waals surface area contributed by atoms with Crippen LogP contribution < -0.4 is 5.32 Å². The third-order valence-corrected chi connectivity index (χ3v) is 5.32. The van der Waals surface area contributed by atoms with Gasteiger partial charge in [0.2, 0.25) is 0 Å². The van der Waals surface area contributed by atoms with E-state index < -0.39 is 0 Å². The fraction of sp³-hybridized carbons (Fsp3) is 0.471. The van der Waals surface area contributed by atoms with E-state index in [-0.39, 0.29) is 0 Å². The number of aromatic nitrogens is 1. The Bertz CT molecular complexity index is 501. The predicted octanol–water partition coefficient (Wildman–Crippen LogP) is 4.52. The van der Waals surface area contributed by atoms with Crippen LogP contribution in [0.25, 0.3) is 0 Å². The van der Waals surface area contributed by atoms with Gasteiger partial charge in [0, 0.05) is 23.2 Å². The van der Waals surface area contributed by atoms with Crippen molar-refractivity contribution >= 4 is 11.3 Å². The van der Waals surface area contributed by atoms with Crippen molar-refractivity contribution in [2.75, 3.05) is 0 Å². The number of nitrogens with zero attached hydrogens (tertiary/aromatic N) is 1. The highest BCUT2D eigenvalue weighted by atomic mass is 32.1. The zero-order valence-corrected chi connectivity index (χ0v) is 12.8. The molecule has 1 atom stereocenters. The molecule has 1 unspecified atom stereocenters. The second kappa shape index (κ2) is 6.51. The van der Waals surface area contributed by atoms with Crippen LogP contribution in [0, 0.1) is 0 Å². The van der Waals surface area contributed by atoms with E-state index in [0.29, 0.717) is 12.1 Å². The smallest absolute Gasteiger partial charge is 0.0794 e. The second-order valence-corrected chi connectivity index (χ2v) is 6.67. The van der Waals surface area contributed by atoms with Crippen LogP contribution in [0.5, 0.6) is 0 Å². The van der Waals surface area contributed by atoms with E-state index in [1.807, 2.05) is 11.7 Å². The molecule has 0 saturated heterocycles. The number of thiazole rings is 1. The van der Waals surface area contributed by atoms with E-state index in [0.717, 1.165) is 5.92 Å². The molecule has 0 amide bonds. The molecule has 20 heavy (non-hydrogen) atoms. The van der Waals surface area contributed by atoms with Crippen LogP contribution in [-0.2, 0) is 0 Å². The van der Waals surface area contributed by atoms with E-state index >= 15 is 0 Å². The first kappa shape index (κ1) is 13.8.